The largest absolute Gasteiger partial charge is 0.481 e. The van der Waals surface area contributed by atoms with Crippen LogP contribution in [0.1, 0.15) is 30.9 Å². The maximum atomic E-state index is 12.7. The van der Waals surface area contributed by atoms with Gasteiger partial charge in [0, 0.05) is 16.3 Å². The summed E-state index contributed by atoms with van der Waals surface area (Å²) in [6.45, 7) is 4.03. The number of para-hydroxylation sites is 1. The average Bonchev–Trinajstić information content (AvgIpc) is 2.79. The maximum absolute atomic E-state index is 12.7. The third-order valence-electron chi connectivity index (χ3n) is 5.56. The second-order valence-corrected chi connectivity index (χ2v) is 8.86. The summed E-state index contributed by atoms with van der Waals surface area (Å²) in [6.07, 6.45) is 5.28. The van der Waals surface area contributed by atoms with E-state index in [9.17, 15) is 19.5 Å². The van der Waals surface area contributed by atoms with Crippen LogP contribution in [0.15, 0.2) is 59.5 Å². The van der Waals surface area contributed by atoms with E-state index < -0.39 is 17.8 Å². The van der Waals surface area contributed by atoms with Crippen LogP contribution in [-0.4, -0.2) is 28.6 Å². The van der Waals surface area contributed by atoms with Crippen molar-refractivity contribution in [2.24, 2.45) is 11.8 Å². The maximum Gasteiger partial charge on any atom is 0.307 e. The quantitative estimate of drug-likeness (QED) is 0.391. The van der Waals surface area contributed by atoms with Gasteiger partial charge in [-0.25, -0.2) is 0 Å². The molecule has 0 heterocycles. The molecule has 2 amide bonds. The van der Waals surface area contributed by atoms with Crippen molar-refractivity contribution in [3.05, 3.63) is 65.7 Å². The van der Waals surface area contributed by atoms with Gasteiger partial charge in [-0.1, -0.05) is 43.3 Å². The highest BCUT2D eigenvalue weighted by Crippen LogP contribution is 2.28. The molecule has 3 rings (SSSR count). The predicted molar refractivity (Wildman–Crippen MR) is 128 cm³/mol. The molecule has 0 saturated carbocycles. The summed E-state index contributed by atoms with van der Waals surface area (Å²) in [5.41, 5.74) is 3.59. The fourth-order valence-electron chi connectivity index (χ4n) is 3.80. The first kappa shape index (κ1) is 23.6. The molecule has 0 spiro atoms. The number of hydrogen-bond acceptors (Lipinski definition) is 4. The molecule has 2 unspecified atom stereocenters. The molecule has 168 valence electrons. The fraction of sp³-hybridized carbons (Fsp3) is 0.320. The zero-order valence-electron chi connectivity index (χ0n) is 18.3. The third-order valence-corrected chi connectivity index (χ3v) is 6.56. The Morgan fingerprint density at radius 3 is 2.47 bits per heavy atom. The molecule has 0 radical (unpaired) electrons. The molecule has 1 aliphatic rings. The van der Waals surface area contributed by atoms with E-state index in [2.05, 4.69) is 17.6 Å². The Hall–Kier alpha value is -3.06. The molecule has 2 aromatic rings. The summed E-state index contributed by atoms with van der Waals surface area (Å²) >= 11 is 1.38. The molecule has 32 heavy (non-hydrogen) atoms. The van der Waals surface area contributed by atoms with E-state index in [4.69, 9.17) is 0 Å². The first-order valence-electron chi connectivity index (χ1n) is 10.7. The van der Waals surface area contributed by atoms with Crippen molar-refractivity contribution in [3.8, 4) is 0 Å². The van der Waals surface area contributed by atoms with E-state index in [1.165, 1.54) is 11.8 Å². The lowest BCUT2D eigenvalue weighted by atomic mass is 9.82. The molecule has 0 fully saturated rings. The molecule has 0 bridgehead atoms. The van der Waals surface area contributed by atoms with Gasteiger partial charge in [0.15, 0.2) is 0 Å². The zero-order valence-corrected chi connectivity index (χ0v) is 19.1. The van der Waals surface area contributed by atoms with Gasteiger partial charge < -0.3 is 15.7 Å². The van der Waals surface area contributed by atoms with Crippen LogP contribution in [0.2, 0.25) is 0 Å². The Morgan fingerprint density at radius 2 is 1.75 bits per heavy atom. The summed E-state index contributed by atoms with van der Waals surface area (Å²) in [7, 11) is 0. The van der Waals surface area contributed by atoms with E-state index in [0.29, 0.717) is 18.5 Å². The molecule has 0 aromatic heterocycles. The van der Waals surface area contributed by atoms with Crippen LogP contribution in [0.3, 0.4) is 0 Å². The van der Waals surface area contributed by atoms with Crippen LogP contribution in [-0.2, 0) is 20.8 Å². The first-order valence-corrected chi connectivity index (χ1v) is 11.7. The van der Waals surface area contributed by atoms with Crippen LogP contribution in [0.5, 0.6) is 0 Å². The lowest BCUT2D eigenvalue weighted by Crippen LogP contribution is -2.34. The highest BCUT2D eigenvalue weighted by Gasteiger charge is 2.33. The van der Waals surface area contributed by atoms with Crippen molar-refractivity contribution in [2.75, 3.05) is 16.4 Å². The van der Waals surface area contributed by atoms with Gasteiger partial charge in [0.25, 0.3) is 0 Å². The fourth-order valence-corrected chi connectivity index (χ4v) is 4.56. The van der Waals surface area contributed by atoms with Gasteiger partial charge in [-0.2, -0.15) is 0 Å². The number of carboxylic acid groups (broad SMARTS) is 1. The van der Waals surface area contributed by atoms with Crippen molar-refractivity contribution in [2.45, 2.75) is 38.0 Å². The molecule has 6 nitrogen and oxygen atoms in total. The molecule has 1 aliphatic carbocycles. The Balaban J connectivity index is 1.59. The zero-order chi connectivity index (χ0) is 23.1. The van der Waals surface area contributed by atoms with Gasteiger partial charge in [-0.15, -0.1) is 11.8 Å². The van der Waals surface area contributed by atoms with Crippen molar-refractivity contribution < 1.29 is 19.5 Å². The standard InChI is InChI=1S/C25H28N2O4S/c1-3-17-9-6-8-16(2)23(17)27-22(28)15-32-19-11-7-10-18(14-19)26-24(29)20-12-4-5-13-21(20)25(30)31/h4-11,14,20-21H,3,12-13,15H2,1-2H3,(H,26,29)(H,27,28)(H,30,31). The number of aliphatic carboxylic acids is 1. The van der Waals surface area contributed by atoms with Crippen molar-refractivity contribution in [1.29, 1.82) is 0 Å². The summed E-state index contributed by atoms with van der Waals surface area (Å²) in [5.74, 6) is -2.41. The monoisotopic (exact) mass is 452 g/mol. The number of rotatable bonds is 8. The van der Waals surface area contributed by atoms with Crippen LogP contribution in [0, 0.1) is 18.8 Å². The number of carboxylic acids is 1. The highest BCUT2D eigenvalue weighted by molar-refractivity contribution is 8.00. The SMILES string of the molecule is CCc1cccc(C)c1NC(=O)CSc1cccc(NC(=O)C2CC=CCC2C(=O)O)c1. The number of thioether (sulfide) groups is 1. The number of amides is 2. The molecular formula is C25H28N2O4S. The molecule has 2 aromatic carbocycles. The van der Waals surface area contributed by atoms with E-state index in [0.717, 1.165) is 28.1 Å². The average molecular weight is 453 g/mol. The smallest absolute Gasteiger partial charge is 0.307 e. The number of carbonyl (C=O) groups is 3. The summed E-state index contributed by atoms with van der Waals surface area (Å²) in [4.78, 5) is 37.5. The van der Waals surface area contributed by atoms with Crippen LogP contribution in [0.25, 0.3) is 0 Å². The second kappa shape index (κ2) is 11.0. The number of nitrogens with one attached hydrogen (secondary N) is 2. The third kappa shape index (κ3) is 6.01. The second-order valence-electron chi connectivity index (χ2n) is 7.81. The minimum absolute atomic E-state index is 0.0910. The van der Waals surface area contributed by atoms with Crippen molar-refractivity contribution in [3.63, 3.8) is 0 Å². The summed E-state index contributed by atoms with van der Waals surface area (Å²) in [5, 5.41) is 15.2. The Bertz CT molecular complexity index is 1030. The van der Waals surface area contributed by atoms with E-state index in [1.54, 1.807) is 12.1 Å². The minimum Gasteiger partial charge on any atom is -0.481 e. The topological polar surface area (TPSA) is 95.5 Å². The van der Waals surface area contributed by atoms with E-state index >= 15 is 0 Å². The lowest BCUT2D eigenvalue weighted by molar-refractivity contribution is -0.146. The number of anilines is 2. The van der Waals surface area contributed by atoms with Gasteiger partial charge in [0.1, 0.15) is 0 Å². The number of benzene rings is 2. The van der Waals surface area contributed by atoms with Crippen molar-refractivity contribution in [1.82, 2.24) is 0 Å². The Morgan fingerprint density at radius 1 is 1.03 bits per heavy atom. The predicted octanol–water partition coefficient (Wildman–Crippen LogP) is 4.89. The summed E-state index contributed by atoms with van der Waals surface area (Å²) in [6, 6.07) is 13.2. The van der Waals surface area contributed by atoms with Gasteiger partial charge in [0.05, 0.1) is 17.6 Å². The van der Waals surface area contributed by atoms with Crippen LogP contribution >= 0.6 is 11.8 Å². The van der Waals surface area contributed by atoms with Gasteiger partial charge in [-0.3, -0.25) is 14.4 Å². The van der Waals surface area contributed by atoms with E-state index in [-0.39, 0.29) is 17.6 Å². The van der Waals surface area contributed by atoms with Gasteiger partial charge >= 0.3 is 5.97 Å². The Kier molecular flexibility index (Phi) is 8.11. The van der Waals surface area contributed by atoms with Crippen LogP contribution in [0.4, 0.5) is 11.4 Å². The molecule has 3 N–H and O–H groups in total. The molecular weight excluding hydrogens is 424 g/mol. The molecule has 2 atom stereocenters. The molecule has 7 heteroatoms. The normalized spacial score (nSPS) is 17.6. The number of hydrogen-bond donors (Lipinski definition) is 3. The number of carbonyl (C=O) groups excluding carboxylic acids is 2. The minimum atomic E-state index is -0.954. The van der Waals surface area contributed by atoms with Gasteiger partial charge in [0.2, 0.25) is 11.8 Å². The molecule has 0 saturated heterocycles. The van der Waals surface area contributed by atoms with Gasteiger partial charge in [-0.05, 0) is 55.5 Å². The Labute approximate surface area is 192 Å². The number of allylic oxidation sites excluding steroid dienone is 2. The highest BCUT2D eigenvalue weighted by atomic mass is 32.2. The van der Waals surface area contributed by atoms with E-state index in [1.807, 2.05) is 49.4 Å². The summed E-state index contributed by atoms with van der Waals surface area (Å²) < 4.78 is 0. The molecule has 0 aliphatic heterocycles. The number of aryl methyl sites for hydroxylation is 2. The van der Waals surface area contributed by atoms with Crippen molar-refractivity contribution >= 4 is 40.9 Å². The van der Waals surface area contributed by atoms with Crippen LogP contribution < -0.4 is 10.6 Å². The lowest BCUT2D eigenvalue weighted by Gasteiger charge is -2.24. The first-order chi connectivity index (χ1) is 15.4.